The minimum Gasteiger partial charge on any atom is -0.374 e. The Morgan fingerprint density at radius 3 is 3.05 bits per heavy atom. The first kappa shape index (κ1) is 15.0. The van der Waals surface area contributed by atoms with Gasteiger partial charge in [0.1, 0.15) is 6.17 Å². The van der Waals surface area contributed by atoms with Gasteiger partial charge in [0.2, 0.25) is 5.91 Å². The zero-order valence-corrected chi connectivity index (χ0v) is 13.5. The second-order valence-electron chi connectivity index (χ2n) is 5.66. The monoisotopic (exact) mass is 309 g/mol. The third-order valence-electron chi connectivity index (χ3n) is 4.18. The molecule has 0 bridgehead atoms. The minimum absolute atomic E-state index is 0.0109. The van der Waals surface area contributed by atoms with Crippen LogP contribution in [0.2, 0.25) is 0 Å². The number of hydrogen-bond acceptors (Lipinski definition) is 5. The number of morpholine rings is 1. The van der Waals surface area contributed by atoms with E-state index in [9.17, 15) is 4.79 Å². The number of ether oxygens (including phenoxy) is 1. The summed E-state index contributed by atoms with van der Waals surface area (Å²) < 4.78 is 5.85. The molecule has 116 valence electrons. The zero-order chi connectivity index (χ0) is 14.8. The molecule has 0 spiro atoms. The summed E-state index contributed by atoms with van der Waals surface area (Å²) in [6.07, 6.45) is 0.128. The van der Waals surface area contributed by atoms with Crippen molar-refractivity contribution >= 4 is 17.2 Å². The largest absolute Gasteiger partial charge is 0.374 e. The fourth-order valence-corrected chi connectivity index (χ4v) is 3.97. The zero-order valence-electron chi connectivity index (χ0n) is 12.7. The van der Waals surface area contributed by atoms with Crippen LogP contribution in [0.5, 0.6) is 0 Å². The first-order valence-electron chi connectivity index (χ1n) is 7.60. The van der Waals surface area contributed by atoms with Crippen LogP contribution in [0, 0.1) is 6.92 Å². The molecule has 5 nitrogen and oxygen atoms in total. The summed E-state index contributed by atoms with van der Waals surface area (Å²) >= 11 is 1.75. The van der Waals surface area contributed by atoms with Gasteiger partial charge in [-0.25, -0.2) is 0 Å². The Morgan fingerprint density at radius 2 is 2.33 bits per heavy atom. The van der Waals surface area contributed by atoms with Crippen molar-refractivity contribution < 1.29 is 9.53 Å². The van der Waals surface area contributed by atoms with Gasteiger partial charge in [0.15, 0.2) is 0 Å². The second kappa shape index (κ2) is 6.44. The summed E-state index contributed by atoms with van der Waals surface area (Å²) in [4.78, 5) is 19.0. The van der Waals surface area contributed by atoms with Crippen LogP contribution in [0.25, 0.3) is 0 Å². The maximum atomic E-state index is 12.2. The van der Waals surface area contributed by atoms with E-state index in [0.29, 0.717) is 13.1 Å². The van der Waals surface area contributed by atoms with Crippen LogP contribution in [0.1, 0.15) is 22.8 Å². The molecule has 2 unspecified atom stereocenters. The molecule has 2 atom stereocenters. The third kappa shape index (κ3) is 3.29. The van der Waals surface area contributed by atoms with Crippen LogP contribution in [0.3, 0.4) is 0 Å². The number of likely N-dealkylation sites (N-methyl/N-ethyl adjacent to an activating group) is 1. The summed E-state index contributed by atoms with van der Waals surface area (Å²) in [6, 6.07) is 4.22. The van der Waals surface area contributed by atoms with E-state index < -0.39 is 0 Å². The molecular weight excluding hydrogens is 286 g/mol. The molecule has 0 aromatic carbocycles. The molecule has 3 heterocycles. The normalized spacial score (nSPS) is 27.5. The van der Waals surface area contributed by atoms with E-state index in [0.717, 1.165) is 26.2 Å². The maximum absolute atomic E-state index is 12.2. The summed E-state index contributed by atoms with van der Waals surface area (Å²) in [7, 11) is 0. The average molecular weight is 309 g/mol. The fourth-order valence-electron chi connectivity index (χ4n) is 3.00. The van der Waals surface area contributed by atoms with E-state index in [1.54, 1.807) is 11.3 Å². The Morgan fingerprint density at radius 1 is 1.48 bits per heavy atom. The van der Waals surface area contributed by atoms with Crippen molar-refractivity contribution in [1.29, 1.82) is 0 Å². The Balaban J connectivity index is 1.68. The van der Waals surface area contributed by atoms with Crippen LogP contribution < -0.4 is 5.32 Å². The molecule has 0 radical (unpaired) electrons. The highest BCUT2D eigenvalue weighted by Crippen LogP contribution is 2.29. The summed E-state index contributed by atoms with van der Waals surface area (Å²) in [5.74, 6) is 0.170. The van der Waals surface area contributed by atoms with Crippen LogP contribution in [0.15, 0.2) is 12.1 Å². The lowest BCUT2D eigenvalue weighted by Gasteiger charge is -2.35. The van der Waals surface area contributed by atoms with Gasteiger partial charge in [-0.15, -0.1) is 11.3 Å². The average Bonchev–Trinajstić information content (AvgIpc) is 3.06. The molecular formula is C15H23N3O2S. The van der Waals surface area contributed by atoms with E-state index in [1.807, 2.05) is 4.90 Å². The highest BCUT2D eigenvalue weighted by atomic mass is 32.1. The van der Waals surface area contributed by atoms with E-state index in [1.165, 1.54) is 9.75 Å². The highest BCUT2D eigenvalue weighted by Gasteiger charge is 2.35. The van der Waals surface area contributed by atoms with Gasteiger partial charge in [0, 0.05) is 22.8 Å². The first-order chi connectivity index (χ1) is 10.2. The van der Waals surface area contributed by atoms with Crippen molar-refractivity contribution in [3.05, 3.63) is 21.9 Å². The number of rotatable bonds is 4. The Labute approximate surface area is 129 Å². The number of nitrogens with zero attached hydrogens (tertiary/aromatic N) is 2. The molecule has 3 rings (SSSR count). The molecule has 21 heavy (non-hydrogen) atoms. The number of carbonyl (C=O) groups excluding carboxylic acids is 1. The molecule has 2 fully saturated rings. The molecule has 1 aromatic heterocycles. The van der Waals surface area contributed by atoms with Crippen LogP contribution in [-0.4, -0.2) is 61.1 Å². The van der Waals surface area contributed by atoms with Crippen molar-refractivity contribution in [2.45, 2.75) is 26.1 Å². The maximum Gasteiger partial charge on any atom is 0.238 e. The van der Waals surface area contributed by atoms with E-state index in [4.69, 9.17) is 4.74 Å². The Hall–Kier alpha value is -0.950. The van der Waals surface area contributed by atoms with Gasteiger partial charge in [-0.2, -0.15) is 0 Å². The number of nitrogens with one attached hydrogen (secondary N) is 1. The molecule has 2 aliphatic rings. The minimum atomic E-state index is 0.0109. The lowest BCUT2D eigenvalue weighted by molar-refractivity contribution is -0.131. The molecule has 1 N–H and O–H groups in total. The predicted molar refractivity (Wildman–Crippen MR) is 83.4 cm³/mol. The molecule has 1 aromatic rings. The van der Waals surface area contributed by atoms with Crippen molar-refractivity contribution in [2.24, 2.45) is 0 Å². The van der Waals surface area contributed by atoms with Crippen molar-refractivity contribution in [1.82, 2.24) is 15.1 Å². The summed E-state index contributed by atoms with van der Waals surface area (Å²) in [5, 5.41) is 3.32. The van der Waals surface area contributed by atoms with E-state index in [-0.39, 0.29) is 18.2 Å². The van der Waals surface area contributed by atoms with E-state index in [2.05, 4.69) is 36.2 Å². The fraction of sp³-hybridized carbons (Fsp3) is 0.667. The molecule has 2 aliphatic heterocycles. The number of hydrogen-bond donors (Lipinski definition) is 1. The Bertz CT molecular complexity index is 505. The molecule has 1 amide bonds. The smallest absolute Gasteiger partial charge is 0.238 e. The van der Waals surface area contributed by atoms with Gasteiger partial charge in [-0.05, 0) is 25.6 Å². The van der Waals surface area contributed by atoms with Crippen LogP contribution >= 0.6 is 11.3 Å². The summed E-state index contributed by atoms with van der Waals surface area (Å²) in [6.45, 7) is 9.07. The molecule has 0 saturated carbocycles. The van der Waals surface area contributed by atoms with Gasteiger partial charge < -0.3 is 9.64 Å². The number of aryl methyl sites for hydroxylation is 1. The summed E-state index contributed by atoms with van der Waals surface area (Å²) in [5.41, 5.74) is 0. The molecule has 2 saturated heterocycles. The van der Waals surface area contributed by atoms with Crippen molar-refractivity contribution in [3.63, 3.8) is 0 Å². The van der Waals surface area contributed by atoms with Gasteiger partial charge >= 0.3 is 0 Å². The van der Waals surface area contributed by atoms with E-state index >= 15 is 0 Å². The van der Waals surface area contributed by atoms with Gasteiger partial charge in [0.25, 0.3) is 0 Å². The van der Waals surface area contributed by atoms with Crippen LogP contribution in [-0.2, 0) is 9.53 Å². The number of carbonyl (C=O) groups is 1. The quantitative estimate of drug-likeness (QED) is 0.908. The lowest BCUT2D eigenvalue weighted by atomic mass is 10.2. The molecule has 0 aliphatic carbocycles. The second-order valence-corrected chi connectivity index (χ2v) is 6.98. The number of amides is 1. The van der Waals surface area contributed by atoms with Gasteiger partial charge in [0.05, 0.1) is 25.8 Å². The Kier molecular flexibility index (Phi) is 4.59. The topological polar surface area (TPSA) is 44.8 Å². The standard InChI is InChI=1S/C15H23N3O2S/c1-3-17-6-7-20-12(9-17)10-18-14(19)8-16-15(18)13-5-4-11(2)21-13/h4-5,12,15-16H,3,6-10H2,1-2H3. The third-order valence-corrected chi connectivity index (χ3v) is 5.23. The van der Waals surface area contributed by atoms with Crippen LogP contribution in [0.4, 0.5) is 0 Å². The molecule has 6 heteroatoms. The number of thiophene rings is 1. The highest BCUT2D eigenvalue weighted by molar-refractivity contribution is 7.12. The van der Waals surface area contributed by atoms with Crippen molar-refractivity contribution in [2.75, 3.05) is 39.3 Å². The lowest BCUT2D eigenvalue weighted by Crippen LogP contribution is -2.48. The van der Waals surface area contributed by atoms with Gasteiger partial charge in [-0.1, -0.05) is 6.92 Å². The SMILES string of the molecule is CCN1CCOC(CN2C(=O)CNC2c2ccc(C)s2)C1. The van der Waals surface area contributed by atoms with Crippen molar-refractivity contribution in [3.8, 4) is 0 Å². The van der Waals surface area contributed by atoms with Gasteiger partial charge in [-0.3, -0.25) is 15.0 Å². The first-order valence-corrected chi connectivity index (χ1v) is 8.42. The predicted octanol–water partition coefficient (Wildman–Crippen LogP) is 1.21.